The summed E-state index contributed by atoms with van der Waals surface area (Å²) in [6, 6.07) is 3.67. The summed E-state index contributed by atoms with van der Waals surface area (Å²) in [5, 5.41) is 8.81. The number of carbonyl (C=O) groups is 1. The van der Waals surface area contributed by atoms with Crippen LogP contribution in [0.1, 0.15) is 15.9 Å². The summed E-state index contributed by atoms with van der Waals surface area (Å²) in [4.78, 5) is 14.7. The highest BCUT2D eigenvalue weighted by atomic mass is 35.5. The Morgan fingerprint density at radius 3 is 2.79 bits per heavy atom. The first kappa shape index (κ1) is 13.1. The van der Waals surface area contributed by atoms with Gasteiger partial charge in [-0.3, -0.25) is 4.98 Å². The molecular weight excluding hydrogens is 269 g/mol. The zero-order valence-electron chi connectivity index (χ0n) is 9.52. The van der Waals surface area contributed by atoms with Crippen LogP contribution in [0.25, 0.3) is 11.1 Å². The van der Waals surface area contributed by atoms with E-state index in [0.717, 1.165) is 6.07 Å². The molecule has 3 nitrogen and oxygen atoms in total. The first-order valence-electron chi connectivity index (χ1n) is 5.18. The summed E-state index contributed by atoms with van der Waals surface area (Å²) < 4.78 is 14.0. The normalized spacial score (nSPS) is 9.95. The molecule has 0 bridgehead atoms. The Kier molecular flexibility index (Phi) is 3.50. The second kappa shape index (κ2) is 5.09. The number of carboxylic acids is 1. The predicted octanol–water partition coefficient (Wildman–Crippen LogP) is 3.22. The molecule has 0 radical (unpaired) electrons. The van der Waals surface area contributed by atoms with Crippen LogP contribution in [0.4, 0.5) is 4.39 Å². The molecule has 0 saturated carbocycles. The van der Waals surface area contributed by atoms with Gasteiger partial charge in [-0.15, -0.1) is 6.42 Å². The van der Waals surface area contributed by atoms with Crippen molar-refractivity contribution in [2.45, 2.75) is 0 Å². The molecule has 0 spiro atoms. The minimum atomic E-state index is -1.29. The molecular formula is C14H7ClFNO2. The summed E-state index contributed by atoms with van der Waals surface area (Å²) in [6.45, 7) is 0. The lowest BCUT2D eigenvalue weighted by Gasteiger charge is -2.08. The smallest absolute Gasteiger partial charge is 0.337 e. The molecule has 2 aromatic rings. The van der Waals surface area contributed by atoms with Crippen LogP contribution in [-0.4, -0.2) is 16.1 Å². The molecule has 0 fully saturated rings. The van der Waals surface area contributed by atoms with Crippen molar-refractivity contribution < 1.29 is 14.3 Å². The molecule has 0 aliphatic heterocycles. The lowest BCUT2D eigenvalue weighted by molar-refractivity contribution is 0.0696. The molecule has 19 heavy (non-hydrogen) atoms. The van der Waals surface area contributed by atoms with Gasteiger partial charge in [0.15, 0.2) is 0 Å². The minimum absolute atomic E-state index is 0.0521. The fourth-order valence-electron chi connectivity index (χ4n) is 1.66. The van der Waals surface area contributed by atoms with Crippen molar-refractivity contribution in [3.05, 3.63) is 52.6 Å². The van der Waals surface area contributed by atoms with Gasteiger partial charge < -0.3 is 5.11 Å². The third-order valence-corrected chi connectivity index (χ3v) is 2.87. The fourth-order valence-corrected chi connectivity index (χ4v) is 1.91. The predicted molar refractivity (Wildman–Crippen MR) is 69.5 cm³/mol. The Balaban J connectivity index is 2.68. The van der Waals surface area contributed by atoms with Crippen molar-refractivity contribution in [3.8, 4) is 23.5 Å². The van der Waals surface area contributed by atoms with Crippen molar-refractivity contribution in [1.29, 1.82) is 0 Å². The first-order chi connectivity index (χ1) is 9.04. The number of terminal acetylenes is 1. The van der Waals surface area contributed by atoms with E-state index in [1.807, 2.05) is 0 Å². The molecule has 0 atom stereocenters. The molecule has 94 valence electrons. The summed E-state index contributed by atoms with van der Waals surface area (Å²) in [6.07, 6.45) is 8.21. The second-order valence-corrected chi connectivity index (χ2v) is 4.09. The van der Waals surface area contributed by atoms with Crippen LogP contribution in [0, 0.1) is 18.2 Å². The lowest BCUT2D eigenvalue weighted by Crippen LogP contribution is -2.00. The van der Waals surface area contributed by atoms with E-state index in [1.165, 1.54) is 18.5 Å². The lowest BCUT2D eigenvalue weighted by atomic mass is 10.00. The van der Waals surface area contributed by atoms with Crippen LogP contribution in [0.15, 0.2) is 30.6 Å². The van der Waals surface area contributed by atoms with Crippen molar-refractivity contribution in [1.82, 2.24) is 4.98 Å². The van der Waals surface area contributed by atoms with Gasteiger partial charge in [-0.1, -0.05) is 17.5 Å². The largest absolute Gasteiger partial charge is 0.478 e. The molecule has 1 heterocycles. The van der Waals surface area contributed by atoms with Crippen LogP contribution in [0.5, 0.6) is 0 Å². The number of aromatic nitrogens is 1. The van der Waals surface area contributed by atoms with Crippen molar-refractivity contribution in [3.63, 3.8) is 0 Å². The zero-order chi connectivity index (χ0) is 14.0. The Labute approximate surface area is 113 Å². The number of halogens is 2. The topological polar surface area (TPSA) is 50.2 Å². The van der Waals surface area contributed by atoms with E-state index >= 15 is 0 Å². The standard InChI is InChI=1S/C14H7ClFNO2/c1-2-8-7-17-4-3-9(8)10-5-12(15)11(14(18)19)6-13(10)16/h1,3-7H,(H,18,19). The van der Waals surface area contributed by atoms with Gasteiger partial charge in [0, 0.05) is 23.5 Å². The maximum atomic E-state index is 14.0. The van der Waals surface area contributed by atoms with E-state index in [1.54, 1.807) is 6.07 Å². The fraction of sp³-hybridized carbons (Fsp3) is 0. The number of benzene rings is 1. The SMILES string of the molecule is C#Cc1cnccc1-c1cc(Cl)c(C(=O)O)cc1F. The molecule has 1 aromatic heterocycles. The molecule has 2 rings (SSSR count). The van der Waals surface area contributed by atoms with Gasteiger partial charge in [0.05, 0.1) is 16.1 Å². The Hall–Kier alpha value is -2.38. The third-order valence-electron chi connectivity index (χ3n) is 2.55. The van der Waals surface area contributed by atoms with Crippen LogP contribution in [0.2, 0.25) is 5.02 Å². The van der Waals surface area contributed by atoms with E-state index < -0.39 is 11.8 Å². The Morgan fingerprint density at radius 2 is 2.16 bits per heavy atom. The van der Waals surface area contributed by atoms with E-state index in [0.29, 0.717) is 11.1 Å². The molecule has 1 aromatic carbocycles. The average Bonchev–Trinajstić information content (AvgIpc) is 2.40. The highest BCUT2D eigenvalue weighted by molar-refractivity contribution is 6.33. The number of nitrogens with zero attached hydrogens (tertiary/aromatic N) is 1. The Morgan fingerprint density at radius 1 is 1.42 bits per heavy atom. The number of carboxylic acid groups (broad SMARTS) is 1. The maximum Gasteiger partial charge on any atom is 0.337 e. The number of hydrogen-bond donors (Lipinski definition) is 1. The van der Waals surface area contributed by atoms with Gasteiger partial charge in [0.25, 0.3) is 0 Å². The number of rotatable bonds is 2. The molecule has 0 aliphatic carbocycles. The number of pyridine rings is 1. The summed E-state index contributed by atoms with van der Waals surface area (Å²) in [5.41, 5.74) is 0.693. The van der Waals surface area contributed by atoms with E-state index in [2.05, 4.69) is 10.9 Å². The molecule has 0 aliphatic rings. The van der Waals surface area contributed by atoms with Gasteiger partial charge in [0.2, 0.25) is 0 Å². The van der Waals surface area contributed by atoms with Crippen LogP contribution >= 0.6 is 11.6 Å². The number of hydrogen-bond acceptors (Lipinski definition) is 2. The van der Waals surface area contributed by atoms with Crippen molar-refractivity contribution in [2.24, 2.45) is 0 Å². The molecule has 0 amide bonds. The van der Waals surface area contributed by atoms with Crippen molar-refractivity contribution in [2.75, 3.05) is 0 Å². The van der Waals surface area contributed by atoms with Gasteiger partial charge in [-0.05, 0) is 18.2 Å². The van der Waals surface area contributed by atoms with Gasteiger partial charge in [-0.2, -0.15) is 0 Å². The van der Waals surface area contributed by atoms with E-state index in [9.17, 15) is 9.18 Å². The van der Waals surface area contributed by atoms with Crippen LogP contribution in [-0.2, 0) is 0 Å². The van der Waals surface area contributed by atoms with E-state index in [-0.39, 0.29) is 16.1 Å². The molecule has 0 saturated heterocycles. The van der Waals surface area contributed by atoms with Crippen LogP contribution in [0.3, 0.4) is 0 Å². The third kappa shape index (κ3) is 2.42. The van der Waals surface area contributed by atoms with Crippen LogP contribution < -0.4 is 0 Å². The summed E-state index contributed by atoms with van der Waals surface area (Å²) >= 11 is 5.83. The minimum Gasteiger partial charge on any atom is -0.478 e. The molecule has 5 heteroatoms. The first-order valence-corrected chi connectivity index (χ1v) is 5.55. The van der Waals surface area contributed by atoms with Gasteiger partial charge in [-0.25, -0.2) is 9.18 Å². The zero-order valence-corrected chi connectivity index (χ0v) is 10.3. The molecule has 0 unspecified atom stereocenters. The number of aromatic carboxylic acids is 1. The van der Waals surface area contributed by atoms with E-state index in [4.69, 9.17) is 23.1 Å². The van der Waals surface area contributed by atoms with Crippen molar-refractivity contribution >= 4 is 17.6 Å². The second-order valence-electron chi connectivity index (χ2n) is 3.68. The maximum absolute atomic E-state index is 14.0. The Bertz CT molecular complexity index is 707. The monoisotopic (exact) mass is 275 g/mol. The summed E-state index contributed by atoms with van der Waals surface area (Å²) in [5.74, 6) is 0.396. The molecule has 1 N–H and O–H groups in total. The summed E-state index contributed by atoms with van der Waals surface area (Å²) in [7, 11) is 0. The average molecular weight is 276 g/mol. The highest BCUT2D eigenvalue weighted by Crippen LogP contribution is 2.30. The highest BCUT2D eigenvalue weighted by Gasteiger charge is 2.16. The quantitative estimate of drug-likeness (QED) is 0.856. The van der Waals surface area contributed by atoms with Gasteiger partial charge in [0.1, 0.15) is 5.82 Å². The van der Waals surface area contributed by atoms with Gasteiger partial charge >= 0.3 is 5.97 Å².